The molecule has 0 amide bonds. The highest BCUT2D eigenvalue weighted by Crippen LogP contribution is 2.30. The Balaban J connectivity index is 2.24. The van der Waals surface area contributed by atoms with Gasteiger partial charge in [-0.1, -0.05) is 6.92 Å². The summed E-state index contributed by atoms with van der Waals surface area (Å²) < 4.78 is 5.25. The van der Waals surface area contributed by atoms with Gasteiger partial charge in [-0.3, -0.25) is 25.7 Å². The number of hydrazone groups is 1. The van der Waals surface area contributed by atoms with Crippen molar-refractivity contribution >= 4 is 34.6 Å². The number of nitrogens with one attached hydrogen (secondary N) is 1. The van der Waals surface area contributed by atoms with Crippen molar-refractivity contribution in [1.82, 2.24) is 0 Å². The lowest BCUT2D eigenvalue weighted by molar-refractivity contribution is -0.393. The molecule has 0 aliphatic heterocycles. The zero-order chi connectivity index (χ0) is 17.7. The molecule has 1 aromatic heterocycles. The predicted octanol–water partition coefficient (Wildman–Crippen LogP) is 3.58. The topological polar surface area (TPSA) is 120 Å². The van der Waals surface area contributed by atoms with Crippen molar-refractivity contribution in [3.05, 3.63) is 54.9 Å². The van der Waals surface area contributed by atoms with E-state index >= 15 is 0 Å². The van der Waals surface area contributed by atoms with Crippen LogP contribution < -0.4 is 10.2 Å². The van der Waals surface area contributed by atoms with Crippen LogP contribution in [0.5, 0.6) is 5.06 Å². The van der Waals surface area contributed by atoms with E-state index in [2.05, 4.69) is 10.5 Å². The molecule has 2 rings (SSSR count). The zero-order valence-electron chi connectivity index (χ0n) is 12.9. The molecule has 0 saturated heterocycles. The number of hydrogen-bond acceptors (Lipinski definition) is 8. The average molecular weight is 350 g/mol. The number of anilines is 1. The Morgan fingerprint density at radius 3 is 2.62 bits per heavy atom. The first-order valence-electron chi connectivity index (χ1n) is 6.84. The van der Waals surface area contributed by atoms with Crippen molar-refractivity contribution in [1.29, 1.82) is 0 Å². The van der Waals surface area contributed by atoms with Crippen LogP contribution in [0.15, 0.2) is 29.4 Å². The van der Waals surface area contributed by atoms with Gasteiger partial charge in [-0.05, 0) is 18.6 Å². The Bertz CT molecular complexity index is 802. The molecule has 1 aromatic carbocycles. The number of nitro groups is 2. The summed E-state index contributed by atoms with van der Waals surface area (Å²) in [4.78, 5) is 21.5. The Kier molecular flexibility index (Phi) is 5.42. The standard InChI is InChI=1S/C14H14N4O5S/c1-3-11-6-9(14(23-2)24-11)8-15-16-12-5-4-10(17(19)20)7-13(12)18(21)22/h4-8,16H,3H2,1-2H3/b15-8+. The van der Waals surface area contributed by atoms with Gasteiger partial charge < -0.3 is 4.74 Å². The van der Waals surface area contributed by atoms with Crippen molar-refractivity contribution < 1.29 is 14.6 Å². The lowest BCUT2D eigenvalue weighted by atomic mass is 10.2. The van der Waals surface area contributed by atoms with E-state index < -0.39 is 15.5 Å². The Hall–Kier alpha value is -3.01. The molecule has 0 radical (unpaired) electrons. The molecule has 0 aliphatic rings. The van der Waals surface area contributed by atoms with E-state index in [1.807, 2.05) is 13.0 Å². The summed E-state index contributed by atoms with van der Waals surface area (Å²) in [5, 5.41) is 26.4. The lowest BCUT2D eigenvalue weighted by Gasteiger charge is -2.02. The maximum atomic E-state index is 11.0. The van der Waals surface area contributed by atoms with Crippen LogP contribution in [0.2, 0.25) is 0 Å². The first kappa shape index (κ1) is 17.3. The van der Waals surface area contributed by atoms with Crippen molar-refractivity contribution in [2.45, 2.75) is 13.3 Å². The van der Waals surface area contributed by atoms with Crippen LogP contribution in [0, 0.1) is 20.2 Å². The van der Waals surface area contributed by atoms with Crippen LogP contribution in [-0.4, -0.2) is 23.2 Å². The number of non-ortho nitro benzene ring substituents is 1. The van der Waals surface area contributed by atoms with E-state index in [4.69, 9.17) is 4.74 Å². The van der Waals surface area contributed by atoms with Gasteiger partial charge in [-0.15, -0.1) is 11.3 Å². The zero-order valence-corrected chi connectivity index (χ0v) is 13.7. The van der Waals surface area contributed by atoms with E-state index in [1.165, 1.54) is 29.7 Å². The molecule has 24 heavy (non-hydrogen) atoms. The van der Waals surface area contributed by atoms with Crippen LogP contribution in [0.25, 0.3) is 0 Å². The van der Waals surface area contributed by atoms with Gasteiger partial charge in [-0.2, -0.15) is 5.10 Å². The fourth-order valence-electron chi connectivity index (χ4n) is 1.91. The second-order valence-corrected chi connectivity index (χ2v) is 5.70. The summed E-state index contributed by atoms with van der Waals surface area (Å²) in [5.74, 6) is 0. The first-order valence-corrected chi connectivity index (χ1v) is 7.66. The van der Waals surface area contributed by atoms with E-state index in [0.29, 0.717) is 5.06 Å². The van der Waals surface area contributed by atoms with Gasteiger partial charge in [0.2, 0.25) is 0 Å². The third-order valence-corrected chi connectivity index (χ3v) is 4.34. The van der Waals surface area contributed by atoms with Gasteiger partial charge in [0.15, 0.2) is 5.06 Å². The molecular weight excluding hydrogens is 336 g/mol. The molecular formula is C14H14N4O5S. The maximum Gasteiger partial charge on any atom is 0.301 e. The largest absolute Gasteiger partial charge is 0.487 e. The summed E-state index contributed by atoms with van der Waals surface area (Å²) in [6.07, 6.45) is 2.34. The molecule has 126 valence electrons. The van der Waals surface area contributed by atoms with E-state index in [9.17, 15) is 20.2 Å². The summed E-state index contributed by atoms with van der Waals surface area (Å²) in [6, 6.07) is 5.22. The van der Waals surface area contributed by atoms with Crippen molar-refractivity contribution in [3.63, 3.8) is 0 Å². The molecule has 10 heteroatoms. The van der Waals surface area contributed by atoms with Crippen LogP contribution in [-0.2, 0) is 6.42 Å². The third-order valence-electron chi connectivity index (χ3n) is 3.09. The second kappa shape index (κ2) is 7.51. The number of methoxy groups -OCH3 is 1. The van der Waals surface area contributed by atoms with E-state index in [1.54, 1.807) is 7.11 Å². The molecule has 1 N–H and O–H groups in total. The van der Waals surface area contributed by atoms with Crippen molar-refractivity contribution in [2.75, 3.05) is 12.5 Å². The average Bonchev–Trinajstić information content (AvgIpc) is 2.97. The minimum atomic E-state index is -0.703. The molecule has 0 saturated carbocycles. The minimum Gasteiger partial charge on any atom is -0.487 e. The summed E-state index contributed by atoms with van der Waals surface area (Å²) in [5.41, 5.74) is 2.57. The highest BCUT2D eigenvalue weighted by molar-refractivity contribution is 7.14. The lowest BCUT2D eigenvalue weighted by Crippen LogP contribution is -1.98. The highest BCUT2D eigenvalue weighted by atomic mass is 32.1. The fourth-order valence-corrected chi connectivity index (χ4v) is 2.80. The fraction of sp³-hybridized carbons (Fsp3) is 0.214. The summed E-state index contributed by atoms with van der Waals surface area (Å²) in [6.45, 7) is 2.02. The molecule has 0 aliphatic carbocycles. The van der Waals surface area contributed by atoms with E-state index in [-0.39, 0.29) is 11.4 Å². The third kappa shape index (κ3) is 3.84. The molecule has 0 spiro atoms. The summed E-state index contributed by atoms with van der Waals surface area (Å²) >= 11 is 1.49. The van der Waals surface area contributed by atoms with Gasteiger partial charge in [0.1, 0.15) is 5.69 Å². The van der Waals surface area contributed by atoms with Crippen molar-refractivity contribution in [3.8, 4) is 5.06 Å². The summed E-state index contributed by atoms with van der Waals surface area (Å²) in [7, 11) is 1.55. The monoisotopic (exact) mass is 350 g/mol. The van der Waals surface area contributed by atoms with E-state index in [0.717, 1.165) is 22.9 Å². The van der Waals surface area contributed by atoms with Gasteiger partial charge in [-0.25, -0.2) is 0 Å². The minimum absolute atomic E-state index is 0.0618. The molecule has 2 aromatic rings. The van der Waals surface area contributed by atoms with Crippen molar-refractivity contribution in [2.24, 2.45) is 5.10 Å². The number of ether oxygens (including phenoxy) is 1. The van der Waals surface area contributed by atoms with Gasteiger partial charge >= 0.3 is 5.69 Å². The second-order valence-electron chi connectivity index (χ2n) is 4.60. The number of nitrogens with zero attached hydrogens (tertiary/aromatic N) is 3. The molecule has 0 bridgehead atoms. The highest BCUT2D eigenvalue weighted by Gasteiger charge is 2.19. The normalized spacial score (nSPS) is 10.8. The first-order chi connectivity index (χ1) is 11.5. The molecule has 9 nitrogen and oxygen atoms in total. The number of nitro benzene ring substituents is 2. The molecule has 0 unspecified atom stereocenters. The number of thiophene rings is 1. The Morgan fingerprint density at radius 2 is 2.04 bits per heavy atom. The smallest absolute Gasteiger partial charge is 0.301 e. The van der Waals surface area contributed by atoms with Crippen LogP contribution in [0.4, 0.5) is 17.1 Å². The Labute approximate surface area is 140 Å². The van der Waals surface area contributed by atoms with Crippen LogP contribution in [0.3, 0.4) is 0 Å². The number of hydrogen-bond donors (Lipinski definition) is 1. The molecule has 0 atom stereocenters. The number of benzene rings is 1. The van der Waals surface area contributed by atoms with Gasteiger partial charge in [0.05, 0.1) is 29.2 Å². The number of rotatable bonds is 7. The number of aryl methyl sites for hydroxylation is 1. The maximum absolute atomic E-state index is 11.0. The SMILES string of the molecule is CCc1cc(/C=N/Nc2ccc([N+](=O)[O-])cc2[N+](=O)[O-])c(OC)s1. The van der Waals surface area contributed by atoms with Crippen LogP contribution in [0.1, 0.15) is 17.4 Å². The molecule has 1 heterocycles. The Morgan fingerprint density at radius 1 is 1.29 bits per heavy atom. The van der Waals surface area contributed by atoms with Gasteiger partial charge in [0.25, 0.3) is 5.69 Å². The van der Waals surface area contributed by atoms with Gasteiger partial charge in [0, 0.05) is 16.5 Å². The molecule has 0 fully saturated rings. The van der Waals surface area contributed by atoms with Crippen LogP contribution >= 0.6 is 11.3 Å². The quantitative estimate of drug-likeness (QED) is 0.463. The predicted molar refractivity (Wildman–Crippen MR) is 91.2 cm³/mol.